The van der Waals surface area contributed by atoms with Gasteiger partial charge in [-0.25, -0.2) is 0 Å². The van der Waals surface area contributed by atoms with E-state index in [1.165, 1.54) is 5.56 Å². The number of nitrogens with two attached hydrogens (primary N) is 1. The lowest BCUT2D eigenvalue weighted by atomic mass is 9.86. The summed E-state index contributed by atoms with van der Waals surface area (Å²) in [6.07, 6.45) is 2.59. The van der Waals surface area contributed by atoms with Crippen molar-refractivity contribution < 1.29 is 14.6 Å². The number of anilines is 1. The third-order valence-electron chi connectivity index (χ3n) is 5.71. The standard InChI is InChI=1S/C24H20N2O3/c1-13-11-18-15(3-2-4-19(18)25)23(17(13)12-21(27)28)16-5-6-20-22-14(8-10-29-20)7-9-26-24(16)22/h2-7,9,11H,8,10,12,25H2,1H3,(H,27,28). The highest BCUT2D eigenvalue weighted by Crippen LogP contribution is 2.43. The van der Waals surface area contributed by atoms with Gasteiger partial charge < -0.3 is 15.6 Å². The minimum absolute atomic E-state index is 0.0641. The van der Waals surface area contributed by atoms with E-state index in [4.69, 9.17) is 10.5 Å². The summed E-state index contributed by atoms with van der Waals surface area (Å²) < 4.78 is 5.86. The molecule has 29 heavy (non-hydrogen) atoms. The lowest BCUT2D eigenvalue weighted by molar-refractivity contribution is -0.136. The Balaban J connectivity index is 1.94. The van der Waals surface area contributed by atoms with Crippen molar-refractivity contribution in [2.75, 3.05) is 12.3 Å². The quantitative estimate of drug-likeness (QED) is 0.508. The second kappa shape index (κ2) is 6.48. The number of aromatic nitrogens is 1. The molecule has 4 aromatic rings. The first-order valence-electron chi connectivity index (χ1n) is 9.61. The fourth-order valence-electron chi connectivity index (χ4n) is 4.42. The van der Waals surface area contributed by atoms with Crippen LogP contribution in [0.15, 0.2) is 48.7 Å². The molecule has 0 spiro atoms. The predicted octanol–water partition coefficient (Wildman–Crippen LogP) is 4.51. The number of hydrogen-bond acceptors (Lipinski definition) is 4. The van der Waals surface area contributed by atoms with Gasteiger partial charge in [-0.15, -0.1) is 0 Å². The van der Waals surface area contributed by atoms with Gasteiger partial charge >= 0.3 is 5.97 Å². The molecule has 0 saturated carbocycles. The highest BCUT2D eigenvalue weighted by molar-refractivity contribution is 6.10. The van der Waals surface area contributed by atoms with Gasteiger partial charge in [-0.3, -0.25) is 9.78 Å². The van der Waals surface area contributed by atoms with Gasteiger partial charge in [0, 0.05) is 34.6 Å². The number of carboxylic acids is 1. The van der Waals surface area contributed by atoms with Crippen LogP contribution in [0.5, 0.6) is 5.75 Å². The second-order valence-electron chi connectivity index (χ2n) is 7.46. The van der Waals surface area contributed by atoms with Crippen LogP contribution in [-0.4, -0.2) is 22.7 Å². The van der Waals surface area contributed by atoms with Crippen molar-refractivity contribution in [3.05, 3.63) is 65.4 Å². The zero-order valence-electron chi connectivity index (χ0n) is 16.0. The average molecular weight is 384 g/mol. The molecule has 1 aliphatic heterocycles. The number of ether oxygens (including phenoxy) is 1. The van der Waals surface area contributed by atoms with Crippen LogP contribution in [0.2, 0.25) is 0 Å². The maximum Gasteiger partial charge on any atom is 0.307 e. The highest BCUT2D eigenvalue weighted by Gasteiger charge is 2.22. The molecule has 144 valence electrons. The Bertz CT molecular complexity index is 1300. The fourth-order valence-corrected chi connectivity index (χ4v) is 4.42. The number of rotatable bonds is 3. The monoisotopic (exact) mass is 384 g/mol. The molecule has 0 aliphatic carbocycles. The van der Waals surface area contributed by atoms with Crippen molar-refractivity contribution in [2.45, 2.75) is 19.8 Å². The number of hydrogen-bond donors (Lipinski definition) is 2. The Morgan fingerprint density at radius 2 is 2.07 bits per heavy atom. The molecule has 2 heterocycles. The normalized spacial score (nSPS) is 12.9. The second-order valence-corrected chi connectivity index (χ2v) is 7.46. The Morgan fingerprint density at radius 1 is 1.21 bits per heavy atom. The predicted molar refractivity (Wildman–Crippen MR) is 114 cm³/mol. The van der Waals surface area contributed by atoms with Crippen molar-refractivity contribution in [1.82, 2.24) is 4.98 Å². The fraction of sp³-hybridized carbons (Fsp3) is 0.167. The Labute approximate surface area is 167 Å². The molecule has 5 nitrogen and oxygen atoms in total. The largest absolute Gasteiger partial charge is 0.493 e. The summed E-state index contributed by atoms with van der Waals surface area (Å²) in [5.41, 5.74) is 12.5. The number of carboxylic acid groups (broad SMARTS) is 1. The molecule has 0 atom stereocenters. The van der Waals surface area contributed by atoms with E-state index in [1.807, 2.05) is 55.6 Å². The zero-order valence-corrected chi connectivity index (χ0v) is 16.0. The van der Waals surface area contributed by atoms with Crippen LogP contribution in [0.25, 0.3) is 32.8 Å². The molecular formula is C24H20N2O3. The zero-order chi connectivity index (χ0) is 20.1. The molecule has 0 unspecified atom stereocenters. The lowest BCUT2D eigenvalue weighted by Gasteiger charge is -2.22. The van der Waals surface area contributed by atoms with E-state index < -0.39 is 5.97 Å². The first kappa shape index (κ1) is 17.5. The summed E-state index contributed by atoms with van der Waals surface area (Å²) in [6, 6.07) is 13.7. The van der Waals surface area contributed by atoms with E-state index in [2.05, 4.69) is 4.98 Å². The number of nitrogens with zero attached hydrogens (tertiary/aromatic N) is 1. The van der Waals surface area contributed by atoms with E-state index >= 15 is 0 Å². The molecule has 5 rings (SSSR count). The Morgan fingerprint density at radius 3 is 2.90 bits per heavy atom. The molecule has 0 bridgehead atoms. The lowest BCUT2D eigenvalue weighted by Crippen LogP contribution is -2.10. The summed E-state index contributed by atoms with van der Waals surface area (Å²) in [7, 11) is 0. The van der Waals surface area contributed by atoms with Crippen molar-refractivity contribution in [3.63, 3.8) is 0 Å². The Hall–Kier alpha value is -3.60. The summed E-state index contributed by atoms with van der Waals surface area (Å²) in [6.45, 7) is 2.59. The van der Waals surface area contributed by atoms with E-state index in [-0.39, 0.29) is 6.42 Å². The van der Waals surface area contributed by atoms with Gasteiger partial charge in [0.25, 0.3) is 0 Å². The highest BCUT2D eigenvalue weighted by atomic mass is 16.5. The summed E-state index contributed by atoms with van der Waals surface area (Å²) >= 11 is 0. The number of carbonyl (C=O) groups is 1. The van der Waals surface area contributed by atoms with Crippen molar-refractivity contribution in [1.29, 1.82) is 0 Å². The molecule has 0 fully saturated rings. The van der Waals surface area contributed by atoms with Gasteiger partial charge in [0.1, 0.15) is 5.75 Å². The first-order valence-corrected chi connectivity index (χ1v) is 9.61. The van der Waals surface area contributed by atoms with Crippen molar-refractivity contribution in [2.24, 2.45) is 0 Å². The van der Waals surface area contributed by atoms with Crippen LogP contribution >= 0.6 is 0 Å². The molecule has 0 radical (unpaired) electrons. The summed E-state index contributed by atoms with van der Waals surface area (Å²) in [5, 5.41) is 12.4. The van der Waals surface area contributed by atoms with Gasteiger partial charge in [-0.05, 0) is 64.9 Å². The molecule has 1 aromatic heterocycles. The molecule has 0 saturated heterocycles. The average Bonchev–Trinajstić information content (AvgIpc) is 2.70. The number of pyridine rings is 1. The van der Waals surface area contributed by atoms with Gasteiger partial charge in [0.05, 0.1) is 18.5 Å². The number of benzene rings is 3. The number of aliphatic carboxylic acids is 1. The molecule has 3 N–H and O–H groups in total. The van der Waals surface area contributed by atoms with Crippen LogP contribution < -0.4 is 10.5 Å². The third-order valence-corrected chi connectivity index (χ3v) is 5.71. The van der Waals surface area contributed by atoms with Gasteiger partial charge in [-0.1, -0.05) is 12.1 Å². The minimum atomic E-state index is -0.864. The topological polar surface area (TPSA) is 85.4 Å². The SMILES string of the molecule is Cc1cc2c(N)cccc2c(-c2ccc3c4c(ccnc24)CCO3)c1CC(=O)O. The number of aryl methyl sites for hydroxylation is 1. The van der Waals surface area contributed by atoms with E-state index in [9.17, 15) is 9.90 Å². The van der Waals surface area contributed by atoms with Gasteiger partial charge in [0.2, 0.25) is 0 Å². The van der Waals surface area contributed by atoms with Crippen LogP contribution in [-0.2, 0) is 17.6 Å². The Kier molecular flexibility index (Phi) is 3.91. The summed E-state index contributed by atoms with van der Waals surface area (Å²) in [4.78, 5) is 16.4. The van der Waals surface area contributed by atoms with E-state index in [1.54, 1.807) is 0 Å². The van der Waals surface area contributed by atoms with Crippen LogP contribution in [0.1, 0.15) is 16.7 Å². The number of nitrogen functional groups attached to an aromatic ring is 1. The smallest absolute Gasteiger partial charge is 0.307 e. The number of fused-ring (bicyclic) bond motifs is 1. The summed E-state index contributed by atoms with van der Waals surface area (Å²) in [5.74, 6) is -0.0361. The maximum absolute atomic E-state index is 11.7. The molecule has 3 aromatic carbocycles. The first-order chi connectivity index (χ1) is 14.0. The molecule has 5 heteroatoms. The maximum atomic E-state index is 11.7. The molecular weight excluding hydrogens is 364 g/mol. The van der Waals surface area contributed by atoms with Gasteiger partial charge in [0.15, 0.2) is 0 Å². The van der Waals surface area contributed by atoms with E-state index in [0.717, 1.165) is 56.1 Å². The van der Waals surface area contributed by atoms with Crippen molar-refractivity contribution in [3.8, 4) is 16.9 Å². The minimum Gasteiger partial charge on any atom is -0.493 e. The van der Waals surface area contributed by atoms with Crippen LogP contribution in [0.3, 0.4) is 0 Å². The van der Waals surface area contributed by atoms with Crippen LogP contribution in [0.4, 0.5) is 5.69 Å². The van der Waals surface area contributed by atoms with E-state index in [0.29, 0.717) is 12.3 Å². The molecule has 1 aliphatic rings. The van der Waals surface area contributed by atoms with Crippen molar-refractivity contribution >= 4 is 33.3 Å². The van der Waals surface area contributed by atoms with Crippen LogP contribution in [0, 0.1) is 6.92 Å². The third kappa shape index (κ3) is 2.70. The van der Waals surface area contributed by atoms with Gasteiger partial charge in [-0.2, -0.15) is 0 Å². The molecule has 0 amide bonds.